The van der Waals surface area contributed by atoms with E-state index in [1.165, 1.54) is 0 Å². The van der Waals surface area contributed by atoms with Crippen LogP contribution in [0.1, 0.15) is 20.8 Å². The molecule has 0 aromatic rings. The molecule has 1 rings (SSSR count). The second kappa shape index (κ2) is 4.61. The van der Waals surface area contributed by atoms with Crippen molar-refractivity contribution in [2.75, 3.05) is 6.54 Å². The van der Waals surface area contributed by atoms with Crippen LogP contribution in [-0.4, -0.2) is 30.2 Å². The average molecular weight is 212 g/mol. The first kappa shape index (κ1) is 12.0. The van der Waals surface area contributed by atoms with Crippen molar-refractivity contribution in [3.63, 3.8) is 0 Å². The first-order valence-corrected chi connectivity index (χ1v) is 4.82. The van der Waals surface area contributed by atoms with Gasteiger partial charge in [0.05, 0.1) is 6.04 Å². The molecule has 0 aliphatic carbocycles. The fraction of sp³-hybridized carbons (Fsp3) is 0.600. The normalized spacial score (nSPS) is 21.1. The molecule has 1 atom stereocenters. The Hall–Kier alpha value is -1.10. The second-order valence-corrected chi connectivity index (χ2v) is 4.31. The molecule has 1 heterocycles. The Morgan fingerprint density at radius 2 is 2.13 bits per heavy atom. The summed E-state index contributed by atoms with van der Waals surface area (Å²) in [6, 6.07) is -0.433. The highest BCUT2D eigenvalue weighted by Crippen LogP contribution is 2.07. The predicted molar refractivity (Wildman–Crippen MR) is 54.8 cm³/mol. The summed E-state index contributed by atoms with van der Waals surface area (Å²) < 4.78 is 4.95. The monoisotopic (exact) mass is 212 g/mol. The van der Waals surface area contributed by atoms with Crippen molar-refractivity contribution in [3.8, 4) is 0 Å². The molecule has 0 spiro atoms. The van der Waals surface area contributed by atoms with Gasteiger partial charge in [0, 0.05) is 0 Å². The fourth-order valence-electron chi connectivity index (χ4n) is 1.13. The van der Waals surface area contributed by atoms with Crippen molar-refractivity contribution in [2.24, 2.45) is 0 Å². The van der Waals surface area contributed by atoms with Gasteiger partial charge in [0.25, 0.3) is 0 Å². The molecule has 5 nitrogen and oxygen atoms in total. The number of nitrogens with one attached hydrogen (secondary N) is 2. The quantitative estimate of drug-likeness (QED) is 0.661. The number of hydrogen-bond acceptors (Lipinski definition) is 4. The molecule has 1 fully saturated rings. The lowest BCUT2D eigenvalue weighted by molar-refractivity contribution is -0.121. The summed E-state index contributed by atoms with van der Waals surface area (Å²) >= 11 is 0. The van der Waals surface area contributed by atoms with Gasteiger partial charge in [0.1, 0.15) is 5.60 Å². The van der Waals surface area contributed by atoms with E-state index in [1.807, 2.05) is 6.42 Å². The maximum Gasteiger partial charge on any atom is 0.414 e. The number of carbonyl (C=O) groups excluding carboxylic acids is 2. The largest absolute Gasteiger partial charge is 0.444 e. The minimum atomic E-state index is -0.713. The Labute approximate surface area is 89.6 Å². The Balaban J connectivity index is 2.34. The van der Waals surface area contributed by atoms with Crippen LogP contribution in [0, 0.1) is 12.8 Å². The van der Waals surface area contributed by atoms with Crippen LogP contribution in [0.25, 0.3) is 0 Å². The van der Waals surface area contributed by atoms with Crippen LogP contribution < -0.4 is 10.6 Å². The van der Waals surface area contributed by atoms with Gasteiger partial charge in [-0.2, -0.15) is 0 Å². The van der Waals surface area contributed by atoms with Crippen LogP contribution in [0.2, 0.25) is 0 Å². The van der Waals surface area contributed by atoms with Crippen molar-refractivity contribution in [2.45, 2.75) is 32.4 Å². The number of alkyl carbamates (subject to hydrolysis) is 1. The molecule has 15 heavy (non-hydrogen) atoms. The molecule has 5 heteroatoms. The number of hydrogen-bond donors (Lipinski definition) is 2. The van der Waals surface area contributed by atoms with E-state index >= 15 is 0 Å². The van der Waals surface area contributed by atoms with Crippen LogP contribution >= 0.6 is 0 Å². The van der Waals surface area contributed by atoms with E-state index in [0.29, 0.717) is 6.54 Å². The molecule has 84 valence electrons. The van der Waals surface area contributed by atoms with Gasteiger partial charge in [0.15, 0.2) is 0 Å². The highest BCUT2D eigenvalue weighted by molar-refractivity contribution is 5.96. The van der Waals surface area contributed by atoms with Gasteiger partial charge < -0.3 is 10.1 Å². The lowest BCUT2D eigenvalue weighted by Crippen LogP contribution is -2.45. The first-order valence-electron chi connectivity index (χ1n) is 4.82. The van der Waals surface area contributed by atoms with Gasteiger partial charge in [-0.05, 0) is 40.2 Å². The number of imide groups is 1. The zero-order chi connectivity index (χ0) is 11.5. The van der Waals surface area contributed by atoms with E-state index in [4.69, 9.17) is 4.74 Å². The van der Waals surface area contributed by atoms with Crippen LogP contribution in [-0.2, 0) is 9.53 Å². The van der Waals surface area contributed by atoms with Crippen LogP contribution in [0.4, 0.5) is 4.79 Å². The average Bonchev–Trinajstić information content (AvgIpc) is 2.50. The van der Waals surface area contributed by atoms with Crippen LogP contribution in [0.5, 0.6) is 0 Å². The maximum atomic E-state index is 11.4. The van der Waals surface area contributed by atoms with Crippen molar-refractivity contribution < 1.29 is 14.3 Å². The van der Waals surface area contributed by atoms with Crippen molar-refractivity contribution in [1.29, 1.82) is 0 Å². The molecule has 2 amide bonds. The highest BCUT2D eigenvalue weighted by Gasteiger charge is 2.25. The zero-order valence-corrected chi connectivity index (χ0v) is 9.16. The minimum absolute atomic E-state index is 0.391. The van der Waals surface area contributed by atoms with Gasteiger partial charge in [-0.15, -0.1) is 0 Å². The minimum Gasteiger partial charge on any atom is -0.444 e. The van der Waals surface area contributed by atoms with Crippen molar-refractivity contribution >= 4 is 12.0 Å². The van der Waals surface area contributed by atoms with Crippen LogP contribution in [0.3, 0.4) is 0 Å². The SMILES string of the molecule is CC(C)(C)OC(=O)NC(=O)[C@@H]1[CH][CH]CN1. The maximum absolute atomic E-state index is 11.4. The van der Waals surface area contributed by atoms with E-state index in [9.17, 15) is 9.59 Å². The molecule has 1 saturated heterocycles. The Kier molecular flexibility index (Phi) is 3.68. The molecule has 0 saturated carbocycles. The summed E-state index contributed by atoms with van der Waals surface area (Å²) in [6.45, 7) is 5.87. The molecule has 0 aromatic carbocycles. The molecule has 2 radical (unpaired) electrons. The van der Waals surface area contributed by atoms with E-state index in [-0.39, 0.29) is 0 Å². The molecule has 1 aliphatic heterocycles. The summed E-state index contributed by atoms with van der Waals surface area (Å²) in [5.74, 6) is -0.391. The Morgan fingerprint density at radius 1 is 1.47 bits per heavy atom. The standard InChI is InChI=1S/C10H16N2O3/c1-10(2,3)15-9(14)12-8(13)7-5-4-6-11-7/h4-5,7,11H,6H2,1-3H3,(H,12,13,14)/t7-/m0/s1. The van der Waals surface area contributed by atoms with Gasteiger partial charge in [-0.25, -0.2) is 4.79 Å². The Morgan fingerprint density at radius 3 is 2.60 bits per heavy atom. The summed E-state index contributed by atoms with van der Waals surface area (Å²) in [7, 11) is 0. The Bertz CT molecular complexity index is 252. The molecule has 0 aromatic heterocycles. The van der Waals surface area contributed by atoms with Crippen molar-refractivity contribution in [1.82, 2.24) is 10.6 Å². The molecule has 2 N–H and O–H groups in total. The second-order valence-electron chi connectivity index (χ2n) is 4.31. The fourth-order valence-corrected chi connectivity index (χ4v) is 1.13. The third kappa shape index (κ3) is 4.29. The lowest BCUT2D eigenvalue weighted by atomic mass is 10.2. The summed E-state index contributed by atoms with van der Waals surface area (Å²) in [6.07, 6.45) is 2.83. The molecule has 1 aliphatic rings. The first-order chi connectivity index (χ1) is 6.88. The van der Waals surface area contributed by atoms with Gasteiger partial charge in [0.2, 0.25) is 5.91 Å². The van der Waals surface area contributed by atoms with Crippen molar-refractivity contribution in [3.05, 3.63) is 12.8 Å². The number of ether oxygens (including phenoxy) is 1. The highest BCUT2D eigenvalue weighted by atomic mass is 16.6. The lowest BCUT2D eigenvalue weighted by Gasteiger charge is -2.20. The van der Waals surface area contributed by atoms with Gasteiger partial charge >= 0.3 is 6.09 Å². The summed E-state index contributed by atoms with van der Waals surface area (Å²) in [4.78, 5) is 22.6. The van der Waals surface area contributed by atoms with E-state index in [2.05, 4.69) is 10.6 Å². The number of amides is 2. The van der Waals surface area contributed by atoms with E-state index < -0.39 is 23.6 Å². The molecular formula is C10H16N2O3. The number of carbonyl (C=O) groups is 2. The van der Waals surface area contributed by atoms with Gasteiger partial charge in [-0.3, -0.25) is 10.1 Å². The van der Waals surface area contributed by atoms with E-state index in [0.717, 1.165) is 0 Å². The number of rotatable bonds is 1. The smallest absolute Gasteiger partial charge is 0.414 e. The third-order valence-electron chi connectivity index (χ3n) is 1.69. The molecule has 0 bridgehead atoms. The molecule has 0 unspecified atom stereocenters. The zero-order valence-electron chi connectivity index (χ0n) is 9.16. The summed E-state index contributed by atoms with van der Waals surface area (Å²) in [5.41, 5.74) is -0.594. The van der Waals surface area contributed by atoms with Gasteiger partial charge in [-0.1, -0.05) is 0 Å². The predicted octanol–water partition coefficient (Wildman–Crippen LogP) is 0.418. The molecular weight excluding hydrogens is 196 g/mol. The van der Waals surface area contributed by atoms with E-state index in [1.54, 1.807) is 27.2 Å². The van der Waals surface area contributed by atoms with Crippen LogP contribution in [0.15, 0.2) is 0 Å². The summed E-state index contributed by atoms with van der Waals surface area (Å²) in [5, 5.41) is 5.06. The third-order valence-corrected chi connectivity index (χ3v) is 1.69. The topological polar surface area (TPSA) is 67.4 Å².